The number of piperidine rings is 1. The zero-order valence-corrected chi connectivity index (χ0v) is 18.5. The Kier molecular flexibility index (Phi) is 7.21. The van der Waals surface area contributed by atoms with Crippen molar-refractivity contribution in [1.82, 2.24) is 15.2 Å². The molecule has 1 atom stereocenters. The number of rotatable bonds is 5. The molecule has 1 aromatic heterocycles. The van der Waals surface area contributed by atoms with Gasteiger partial charge in [-0.25, -0.2) is 0 Å². The fraction of sp³-hybridized carbons (Fsp3) is 0.458. The monoisotopic (exact) mass is 447 g/mol. The summed E-state index contributed by atoms with van der Waals surface area (Å²) in [5.74, 6) is -0.404. The highest BCUT2D eigenvalue weighted by atomic mass is 19.4. The van der Waals surface area contributed by atoms with E-state index in [1.165, 1.54) is 12.1 Å². The summed E-state index contributed by atoms with van der Waals surface area (Å²) in [4.78, 5) is 31.8. The lowest BCUT2D eigenvalue weighted by Gasteiger charge is -2.32. The van der Waals surface area contributed by atoms with Gasteiger partial charge >= 0.3 is 6.18 Å². The number of amides is 2. The van der Waals surface area contributed by atoms with E-state index in [9.17, 15) is 22.8 Å². The third-order valence-electron chi connectivity index (χ3n) is 5.93. The fourth-order valence-electron chi connectivity index (χ4n) is 3.82. The molecule has 2 heterocycles. The highest BCUT2D eigenvalue weighted by Gasteiger charge is 2.31. The Balaban J connectivity index is 1.70. The second-order valence-electron chi connectivity index (χ2n) is 8.31. The Hall–Kier alpha value is -2.90. The van der Waals surface area contributed by atoms with E-state index < -0.39 is 11.7 Å². The molecule has 0 bridgehead atoms. The van der Waals surface area contributed by atoms with Crippen molar-refractivity contribution in [3.63, 3.8) is 0 Å². The molecular formula is C24H28F3N3O2. The van der Waals surface area contributed by atoms with Crippen molar-refractivity contribution in [3.05, 3.63) is 64.5 Å². The molecule has 0 radical (unpaired) electrons. The van der Waals surface area contributed by atoms with Crippen LogP contribution in [-0.4, -0.2) is 40.8 Å². The van der Waals surface area contributed by atoms with Gasteiger partial charge in [-0.05, 0) is 69.5 Å². The number of carbonyl (C=O) groups is 2. The molecule has 2 aromatic rings. The number of benzene rings is 1. The van der Waals surface area contributed by atoms with Crippen LogP contribution in [0.5, 0.6) is 0 Å². The minimum Gasteiger partial charge on any atom is -0.350 e. The number of aryl methyl sites for hydroxylation is 1. The first-order valence-electron chi connectivity index (χ1n) is 10.8. The van der Waals surface area contributed by atoms with E-state index in [0.717, 1.165) is 29.9 Å². The average Bonchev–Trinajstić information content (AvgIpc) is 2.78. The van der Waals surface area contributed by atoms with Crippen LogP contribution in [0.1, 0.15) is 76.7 Å². The molecule has 0 spiro atoms. The van der Waals surface area contributed by atoms with E-state index >= 15 is 0 Å². The second kappa shape index (κ2) is 9.71. The maximum Gasteiger partial charge on any atom is 0.416 e. The van der Waals surface area contributed by atoms with Crippen LogP contribution in [0.15, 0.2) is 36.4 Å². The number of hydrogen-bond acceptors (Lipinski definition) is 3. The van der Waals surface area contributed by atoms with E-state index in [4.69, 9.17) is 0 Å². The topological polar surface area (TPSA) is 62.3 Å². The molecule has 2 amide bonds. The van der Waals surface area contributed by atoms with Gasteiger partial charge in [0.1, 0.15) is 0 Å². The highest BCUT2D eigenvalue weighted by Crippen LogP contribution is 2.31. The average molecular weight is 448 g/mol. The van der Waals surface area contributed by atoms with Crippen LogP contribution >= 0.6 is 0 Å². The van der Waals surface area contributed by atoms with E-state index in [2.05, 4.69) is 10.3 Å². The summed E-state index contributed by atoms with van der Waals surface area (Å²) in [5, 5.41) is 2.98. The number of aromatic nitrogens is 1. The van der Waals surface area contributed by atoms with E-state index in [-0.39, 0.29) is 29.3 Å². The zero-order valence-electron chi connectivity index (χ0n) is 18.5. The summed E-state index contributed by atoms with van der Waals surface area (Å²) in [6, 6.07) is 7.97. The predicted molar refractivity (Wildman–Crippen MR) is 116 cm³/mol. The number of hydrogen-bond donors (Lipinski definition) is 1. The van der Waals surface area contributed by atoms with Gasteiger partial charge < -0.3 is 10.2 Å². The van der Waals surface area contributed by atoms with Gasteiger partial charge in [-0.3, -0.25) is 14.6 Å². The minimum atomic E-state index is -4.43. The van der Waals surface area contributed by atoms with Crippen molar-refractivity contribution in [2.24, 2.45) is 0 Å². The molecule has 1 aliphatic rings. The lowest BCUT2D eigenvalue weighted by Crippen LogP contribution is -2.39. The Morgan fingerprint density at radius 3 is 2.31 bits per heavy atom. The number of likely N-dealkylation sites (tertiary alicyclic amines) is 1. The Morgan fingerprint density at radius 1 is 1.12 bits per heavy atom. The van der Waals surface area contributed by atoms with Crippen molar-refractivity contribution in [3.8, 4) is 0 Å². The molecule has 1 aliphatic heterocycles. The number of alkyl halides is 3. The Bertz CT molecular complexity index is 965. The number of nitrogens with one attached hydrogen (secondary N) is 1. The zero-order chi connectivity index (χ0) is 23.5. The van der Waals surface area contributed by atoms with Crippen molar-refractivity contribution in [1.29, 1.82) is 0 Å². The van der Waals surface area contributed by atoms with Gasteiger partial charge in [0.05, 0.1) is 16.8 Å². The first kappa shape index (κ1) is 23.8. The molecule has 1 fully saturated rings. The SMILES string of the molecule is CC[C@@H](C)NC(=O)c1ccc(C)nc1C1CCN(C(=O)c2ccc(C(F)(F)F)cc2)CC1. The van der Waals surface area contributed by atoms with Crippen LogP contribution in [0.4, 0.5) is 13.2 Å². The maximum absolute atomic E-state index is 12.8. The molecule has 1 saturated heterocycles. The molecule has 0 saturated carbocycles. The third-order valence-corrected chi connectivity index (χ3v) is 5.93. The van der Waals surface area contributed by atoms with Gasteiger partial charge in [0, 0.05) is 36.3 Å². The second-order valence-corrected chi connectivity index (χ2v) is 8.31. The fourth-order valence-corrected chi connectivity index (χ4v) is 3.82. The first-order chi connectivity index (χ1) is 15.1. The number of pyridine rings is 1. The van der Waals surface area contributed by atoms with Crippen LogP contribution in [0.2, 0.25) is 0 Å². The van der Waals surface area contributed by atoms with Crippen LogP contribution in [0, 0.1) is 6.92 Å². The Labute approximate surface area is 186 Å². The summed E-state index contributed by atoms with van der Waals surface area (Å²) in [5.41, 5.74) is 1.58. The van der Waals surface area contributed by atoms with Gasteiger partial charge in [0.2, 0.25) is 0 Å². The van der Waals surface area contributed by atoms with Gasteiger partial charge in [0.25, 0.3) is 11.8 Å². The van der Waals surface area contributed by atoms with Gasteiger partial charge in [-0.15, -0.1) is 0 Å². The van der Waals surface area contributed by atoms with Crippen molar-refractivity contribution < 1.29 is 22.8 Å². The molecule has 3 rings (SSSR count). The summed E-state index contributed by atoms with van der Waals surface area (Å²) in [6.45, 7) is 6.73. The number of halogens is 3. The quantitative estimate of drug-likeness (QED) is 0.705. The molecule has 8 heteroatoms. The molecule has 0 unspecified atom stereocenters. The van der Waals surface area contributed by atoms with Crippen LogP contribution in [0.25, 0.3) is 0 Å². The molecule has 1 aromatic carbocycles. The number of nitrogens with zero attached hydrogens (tertiary/aromatic N) is 2. The van der Waals surface area contributed by atoms with E-state index in [0.29, 0.717) is 31.5 Å². The maximum atomic E-state index is 12.8. The summed E-state index contributed by atoms with van der Waals surface area (Å²) in [7, 11) is 0. The smallest absolute Gasteiger partial charge is 0.350 e. The van der Waals surface area contributed by atoms with Crippen LogP contribution in [0.3, 0.4) is 0 Å². The number of carbonyl (C=O) groups excluding carboxylic acids is 2. The third kappa shape index (κ3) is 5.47. The van der Waals surface area contributed by atoms with Crippen LogP contribution in [-0.2, 0) is 6.18 Å². The summed E-state index contributed by atoms with van der Waals surface area (Å²) in [6.07, 6.45) is -2.34. The normalized spacial score (nSPS) is 16.0. The lowest BCUT2D eigenvalue weighted by atomic mass is 9.89. The first-order valence-corrected chi connectivity index (χ1v) is 10.8. The van der Waals surface area contributed by atoms with Crippen LogP contribution < -0.4 is 5.32 Å². The molecular weight excluding hydrogens is 419 g/mol. The standard InChI is InChI=1S/C24H28F3N3O2/c1-4-15(2)29-22(31)20-10-5-16(3)28-21(20)17-11-13-30(14-12-17)23(32)18-6-8-19(9-7-18)24(25,26)27/h5-10,15,17H,4,11-14H2,1-3H3,(H,29,31)/t15-/m1/s1. The summed E-state index contributed by atoms with van der Waals surface area (Å²) >= 11 is 0. The van der Waals surface area contributed by atoms with E-state index in [1.54, 1.807) is 11.0 Å². The van der Waals surface area contributed by atoms with Gasteiger partial charge in [-0.1, -0.05) is 6.92 Å². The van der Waals surface area contributed by atoms with Crippen molar-refractivity contribution in [2.45, 2.75) is 58.2 Å². The van der Waals surface area contributed by atoms with Crippen molar-refractivity contribution >= 4 is 11.8 Å². The minimum absolute atomic E-state index is 0.0317. The summed E-state index contributed by atoms with van der Waals surface area (Å²) < 4.78 is 38.3. The molecule has 172 valence electrons. The largest absolute Gasteiger partial charge is 0.416 e. The Morgan fingerprint density at radius 2 is 1.75 bits per heavy atom. The van der Waals surface area contributed by atoms with Crippen molar-refractivity contribution in [2.75, 3.05) is 13.1 Å². The molecule has 1 N–H and O–H groups in total. The predicted octanol–water partition coefficient (Wildman–Crippen LogP) is 4.96. The van der Waals surface area contributed by atoms with Gasteiger partial charge in [0.15, 0.2) is 0 Å². The van der Waals surface area contributed by atoms with Gasteiger partial charge in [-0.2, -0.15) is 13.2 Å². The van der Waals surface area contributed by atoms with E-state index in [1.807, 2.05) is 26.8 Å². The molecule has 0 aliphatic carbocycles. The molecule has 32 heavy (non-hydrogen) atoms. The lowest BCUT2D eigenvalue weighted by molar-refractivity contribution is -0.137. The highest BCUT2D eigenvalue weighted by molar-refractivity contribution is 5.96. The molecule has 5 nitrogen and oxygen atoms in total.